The van der Waals surface area contributed by atoms with Crippen molar-refractivity contribution in [3.63, 3.8) is 0 Å². The third-order valence-corrected chi connectivity index (χ3v) is 2.40. The van der Waals surface area contributed by atoms with Gasteiger partial charge in [0.05, 0.1) is 0 Å². The molecule has 0 bridgehead atoms. The van der Waals surface area contributed by atoms with Crippen LogP contribution >= 0.6 is 11.6 Å². The van der Waals surface area contributed by atoms with Crippen molar-refractivity contribution >= 4 is 11.6 Å². The first-order valence-electron chi connectivity index (χ1n) is 4.68. The summed E-state index contributed by atoms with van der Waals surface area (Å²) in [4.78, 5) is 0. The molecule has 1 aromatic carbocycles. The maximum Gasteiger partial charge on any atom is 0.126 e. The van der Waals surface area contributed by atoms with Gasteiger partial charge in [-0.15, -0.1) is 6.58 Å². The molecule has 0 amide bonds. The van der Waals surface area contributed by atoms with Gasteiger partial charge in [0.1, 0.15) is 5.82 Å². The van der Waals surface area contributed by atoms with Crippen LogP contribution in [-0.2, 0) is 6.42 Å². The number of hydrogen-bond acceptors (Lipinski definition) is 2. The van der Waals surface area contributed by atoms with E-state index in [1.807, 2.05) is 0 Å². The van der Waals surface area contributed by atoms with Crippen LogP contribution in [-0.4, -0.2) is 6.04 Å². The van der Waals surface area contributed by atoms with Crippen molar-refractivity contribution < 1.29 is 4.39 Å². The van der Waals surface area contributed by atoms with E-state index in [4.69, 9.17) is 17.4 Å². The fourth-order valence-corrected chi connectivity index (χ4v) is 1.57. The van der Waals surface area contributed by atoms with Gasteiger partial charge in [-0.05, 0) is 36.6 Å². The summed E-state index contributed by atoms with van der Waals surface area (Å²) in [7, 11) is 0. The Morgan fingerprint density at radius 3 is 2.93 bits per heavy atom. The zero-order valence-corrected chi connectivity index (χ0v) is 9.10. The molecule has 0 aliphatic carbocycles. The van der Waals surface area contributed by atoms with Crippen LogP contribution in [0.4, 0.5) is 4.39 Å². The number of nitrogens with one attached hydrogen (secondary N) is 1. The van der Waals surface area contributed by atoms with Crippen LogP contribution in [0, 0.1) is 5.82 Å². The van der Waals surface area contributed by atoms with E-state index >= 15 is 0 Å². The van der Waals surface area contributed by atoms with Gasteiger partial charge in [-0.3, -0.25) is 11.3 Å². The lowest BCUT2D eigenvalue weighted by Crippen LogP contribution is -2.36. The van der Waals surface area contributed by atoms with Crippen molar-refractivity contribution in [2.24, 2.45) is 5.84 Å². The summed E-state index contributed by atoms with van der Waals surface area (Å²) < 4.78 is 13.4. The van der Waals surface area contributed by atoms with Crippen molar-refractivity contribution in [3.8, 4) is 0 Å². The summed E-state index contributed by atoms with van der Waals surface area (Å²) in [5.41, 5.74) is 3.18. The molecular formula is C11H14ClFN2. The van der Waals surface area contributed by atoms with Gasteiger partial charge in [0.25, 0.3) is 0 Å². The molecule has 3 N–H and O–H groups in total. The lowest BCUT2D eigenvalue weighted by Gasteiger charge is -2.14. The minimum Gasteiger partial charge on any atom is -0.271 e. The number of hydrazine groups is 1. The van der Waals surface area contributed by atoms with Crippen LogP contribution in [0.5, 0.6) is 0 Å². The van der Waals surface area contributed by atoms with E-state index in [9.17, 15) is 4.39 Å². The minimum atomic E-state index is -0.260. The van der Waals surface area contributed by atoms with Gasteiger partial charge in [0.15, 0.2) is 0 Å². The summed E-state index contributed by atoms with van der Waals surface area (Å²) >= 11 is 5.78. The average molecular weight is 229 g/mol. The molecule has 0 heterocycles. The highest BCUT2D eigenvalue weighted by Gasteiger charge is 2.09. The Kier molecular flexibility index (Phi) is 4.75. The Morgan fingerprint density at radius 1 is 1.60 bits per heavy atom. The van der Waals surface area contributed by atoms with Gasteiger partial charge in [0, 0.05) is 11.1 Å². The average Bonchev–Trinajstić information content (AvgIpc) is 2.22. The predicted octanol–water partition coefficient (Wildman–Crippen LogP) is 2.43. The van der Waals surface area contributed by atoms with E-state index in [1.54, 1.807) is 12.1 Å². The highest BCUT2D eigenvalue weighted by molar-refractivity contribution is 6.30. The molecule has 0 spiro atoms. The zero-order chi connectivity index (χ0) is 11.3. The van der Waals surface area contributed by atoms with E-state index in [-0.39, 0.29) is 11.9 Å². The Bertz CT molecular complexity index is 341. The van der Waals surface area contributed by atoms with E-state index in [0.29, 0.717) is 23.4 Å². The molecule has 0 saturated heterocycles. The van der Waals surface area contributed by atoms with Crippen molar-refractivity contribution in [1.82, 2.24) is 5.43 Å². The molecule has 0 aromatic heterocycles. The fourth-order valence-electron chi connectivity index (χ4n) is 1.38. The second-order valence-corrected chi connectivity index (χ2v) is 3.76. The fraction of sp³-hybridized carbons (Fsp3) is 0.273. The number of hydrogen-bond donors (Lipinski definition) is 2. The first-order valence-corrected chi connectivity index (χ1v) is 5.06. The van der Waals surface area contributed by atoms with Gasteiger partial charge < -0.3 is 0 Å². The molecule has 2 nitrogen and oxygen atoms in total. The topological polar surface area (TPSA) is 38.0 Å². The van der Waals surface area contributed by atoms with Crippen molar-refractivity contribution in [1.29, 1.82) is 0 Å². The maximum atomic E-state index is 13.4. The van der Waals surface area contributed by atoms with E-state index in [2.05, 4.69) is 12.0 Å². The predicted molar refractivity (Wildman–Crippen MR) is 61.0 cm³/mol. The van der Waals surface area contributed by atoms with Crippen molar-refractivity contribution in [3.05, 3.63) is 47.3 Å². The minimum absolute atomic E-state index is 0.0181. The summed E-state index contributed by atoms with van der Waals surface area (Å²) in [6.45, 7) is 3.61. The molecule has 0 aliphatic rings. The molecule has 1 unspecified atom stereocenters. The van der Waals surface area contributed by atoms with Gasteiger partial charge >= 0.3 is 0 Å². The van der Waals surface area contributed by atoms with Crippen molar-refractivity contribution in [2.45, 2.75) is 18.9 Å². The maximum absolute atomic E-state index is 13.4. The van der Waals surface area contributed by atoms with E-state index < -0.39 is 0 Å². The summed E-state index contributed by atoms with van der Waals surface area (Å²) in [5.74, 6) is 5.08. The molecular weight excluding hydrogens is 215 g/mol. The molecule has 4 heteroatoms. The molecule has 1 atom stereocenters. The van der Waals surface area contributed by atoms with Crippen molar-refractivity contribution in [2.75, 3.05) is 0 Å². The molecule has 1 aromatic rings. The van der Waals surface area contributed by atoms with Gasteiger partial charge in [-0.2, -0.15) is 0 Å². The van der Waals surface area contributed by atoms with Crippen LogP contribution in [0.1, 0.15) is 12.0 Å². The summed E-state index contributed by atoms with van der Waals surface area (Å²) in [6, 6.07) is 4.48. The molecule has 1 rings (SSSR count). The third kappa shape index (κ3) is 3.63. The molecule has 0 fully saturated rings. The van der Waals surface area contributed by atoms with Crippen LogP contribution in [0.3, 0.4) is 0 Å². The van der Waals surface area contributed by atoms with E-state index in [0.717, 1.165) is 0 Å². The third-order valence-electron chi connectivity index (χ3n) is 2.16. The van der Waals surface area contributed by atoms with Gasteiger partial charge in [0.2, 0.25) is 0 Å². The first kappa shape index (κ1) is 12.2. The second kappa shape index (κ2) is 5.85. The highest BCUT2D eigenvalue weighted by atomic mass is 35.5. The van der Waals surface area contributed by atoms with Gasteiger partial charge in [-0.25, -0.2) is 4.39 Å². The molecule has 0 saturated carbocycles. The monoisotopic (exact) mass is 228 g/mol. The number of nitrogens with two attached hydrogens (primary N) is 1. The molecule has 0 aliphatic heterocycles. The standard InChI is InChI=1S/C11H14ClFN2/c1-2-3-10(15-14)7-8-6-9(12)4-5-11(8)13/h2,4-6,10,15H,1,3,7,14H2. The van der Waals surface area contributed by atoms with Crippen LogP contribution in [0.25, 0.3) is 0 Å². The Labute approximate surface area is 93.9 Å². The largest absolute Gasteiger partial charge is 0.271 e. The number of benzene rings is 1. The normalized spacial score (nSPS) is 12.5. The Morgan fingerprint density at radius 2 is 2.33 bits per heavy atom. The molecule has 82 valence electrons. The number of rotatable bonds is 5. The lowest BCUT2D eigenvalue weighted by atomic mass is 10.0. The summed E-state index contributed by atoms with van der Waals surface area (Å²) in [6.07, 6.45) is 2.92. The molecule has 15 heavy (non-hydrogen) atoms. The van der Waals surface area contributed by atoms with Crippen LogP contribution < -0.4 is 11.3 Å². The summed E-state index contributed by atoms with van der Waals surface area (Å²) in [5, 5.41) is 0.528. The van der Waals surface area contributed by atoms with E-state index in [1.165, 1.54) is 12.1 Å². The van der Waals surface area contributed by atoms with Gasteiger partial charge in [-0.1, -0.05) is 17.7 Å². The zero-order valence-electron chi connectivity index (χ0n) is 8.34. The second-order valence-electron chi connectivity index (χ2n) is 3.33. The number of halogens is 2. The first-order chi connectivity index (χ1) is 7.17. The van der Waals surface area contributed by atoms with Crippen LogP contribution in [0.2, 0.25) is 5.02 Å². The highest BCUT2D eigenvalue weighted by Crippen LogP contribution is 2.17. The Balaban J connectivity index is 2.77. The Hall–Kier alpha value is -0.900. The van der Waals surface area contributed by atoms with Crippen LogP contribution in [0.15, 0.2) is 30.9 Å². The quantitative estimate of drug-likeness (QED) is 0.462. The lowest BCUT2D eigenvalue weighted by molar-refractivity contribution is 0.513. The SMILES string of the molecule is C=CCC(Cc1cc(Cl)ccc1F)NN. The smallest absolute Gasteiger partial charge is 0.126 e. The molecule has 0 radical (unpaired) electrons.